The zero-order chi connectivity index (χ0) is 19.9. The Labute approximate surface area is 160 Å². The summed E-state index contributed by atoms with van der Waals surface area (Å²) in [6.07, 6.45) is 0.766. The summed E-state index contributed by atoms with van der Waals surface area (Å²) in [7, 11) is -3.77. The summed E-state index contributed by atoms with van der Waals surface area (Å²) >= 11 is 0. The molecule has 0 aliphatic carbocycles. The fourth-order valence-corrected chi connectivity index (χ4v) is 3.80. The van der Waals surface area contributed by atoms with Crippen molar-refractivity contribution in [1.82, 2.24) is 5.32 Å². The van der Waals surface area contributed by atoms with Gasteiger partial charge in [0.05, 0.1) is 6.04 Å². The number of nitrogens with two attached hydrogens (primary N) is 1. The number of hydrogen-bond donors (Lipinski definition) is 2. The molecule has 2 rings (SSSR count). The van der Waals surface area contributed by atoms with Gasteiger partial charge in [-0.2, -0.15) is 0 Å². The standard InChI is InChI=1S/C20H27N2O4P/c1-4-15(2)19(21)20(23)22-16(3)27(24,25-17-11-7-5-8-12-17)26-18-13-9-6-10-14-18/h5-16,19H,4,21H2,1-3H3,(H,22,23)/t15-,16+,19-/m0/s1. The van der Waals surface area contributed by atoms with E-state index in [9.17, 15) is 9.36 Å². The highest BCUT2D eigenvalue weighted by Crippen LogP contribution is 2.51. The van der Waals surface area contributed by atoms with Crippen molar-refractivity contribution in [2.75, 3.05) is 0 Å². The van der Waals surface area contributed by atoms with Gasteiger partial charge in [-0.3, -0.25) is 4.79 Å². The molecule has 2 aromatic carbocycles. The number of amides is 1. The SMILES string of the molecule is CC[C@H](C)[C@H](N)C(=O)N[C@@H](C)P(=O)(Oc1ccccc1)Oc1ccccc1. The molecule has 146 valence electrons. The Balaban J connectivity index is 2.22. The van der Waals surface area contributed by atoms with E-state index in [4.69, 9.17) is 14.8 Å². The Hall–Kier alpha value is -2.30. The molecule has 0 fully saturated rings. The number of nitrogens with one attached hydrogen (secondary N) is 1. The van der Waals surface area contributed by atoms with E-state index >= 15 is 0 Å². The molecule has 3 atom stereocenters. The molecule has 0 spiro atoms. The van der Waals surface area contributed by atoms with Crippen LogP contribution < -0.4 is 20.1 Å². The summed E-state index contributed by atoms with van der Waals surface area (Å²) < 4.78 is 25.0. The van der Waals surface area contributed by atoms with Crippen molar-refractivity contribution in [1.29, 1.82) is 0 Å². The van der Waals surface area contributed by atoms with Crippen molar-refractivity contribution in [3.05, 3.63) is 60.7 Å². The summed E-state index contributed by atoms with van der Waals surface area (Å²) in [5, 5.41) is 2.70. The molecule has 0 aliphatic rings. The largest absolute Gasteiger partial charge is 0.452 e. The van der Waals surface area contributed by atoms with Gasteiger partial charge in [0.1, 0.15) is 11.5 Å². The van der Waals surface area contributed by atoms with Crippen LogP contribution in [0.4, 0.5) is 0 Å². The lowest BCUT2D eigenvalue weighted by molar-refractivity contribution is -0.123. The highest BCUT2D eigenvalue weighted by molar-refractivity contribution is 7.55. The van der Waals surface area contributed by atoms with Crippen LogP contribution in [0.3, 0.4) is 0 Å². The Morgan fingerprint density at radius 1 is 1.00 bits per heavy atom. The maximum atomic E-state index is 13.5. The average Bonchev–Trinajstić information content (AvgIpc) is 2.68. The van der Waals surface area contributed by atoms with E-state index in [-0.39, 0.29) is 11.8 Å². The molecule has 0 unspecified atom stereocenters. The first-order valence-corrected chi connectivity index (χ1v) is 10.6. The van der Waals surface area contributed by atoms with Gasteiger partial charge in [-0.1, -0.05) is 56.7 Å². The van der Waals surface area contributed by atoms with Crippen molar-refractivity contribution in [2.45, 2.75) is 39.0 Å². The molecule has 0 aliphatic heterocycles. The Bertz CT molecular complexity index is 725. The van der Waals surface area contributed by atoms with Crippen LogP contribution in [0.1, 0.15) is 27.2 Å². The third-order valence-electron chi connectivity index (χ3n) is 4.34. The van der Waals surface area contributed by atoms with E-state index in [2.05, 4.69) is 5.32 Å². The molecular formula is C20H27N2O4P. The van der Waals surface area contributed by atoms with Gasteiger partial charge in [-0.05, 0) is 37.1 Å². The highest BCUT2D eigenvalue weighted by atomic mass is 31.2. The van der Waals surface area contributed by atoms with Gasteiger partial charge in [0, 0.05) is 0 Å². The molecule has 6 nitrogen and oxygen atoms in total. The van der Waals surface area contributed by atoms with Crippen molar-refractivity contribution in [3.63, 3.8) is 0 Å². The topological polar surface area (TPSA) is 90.7 Å². The van der Waals surface area contributed by atoms with Gasteiger partial charge >= 0.3 is 7.60 Å². The number of benzene rings is 2. The second-order valence-electron chi connectivity index (χ2n) is 6.44. The summed E-state index contributed by atoms with van der Waals surface area (Å²) in [4.78, 5) is 12.4. The zero-order valence-electron chi connectivity index (χ0n) is 15.9. The normalized spacial score (nSPS) is 14.7. The van der Waals surface area contributed by atoms with E-state index in [0.717, 1.165) is 6.42 Å². The first-order chi connectivity index (χ1) is 12.9. The minimum Gasteiger partial charge on any atom is -0.415 e. The van der Waals surface area contributed by atoms with Crippen LogP contribution >= 0.6 is 7.60 Å². The van der Waals surface area contributed by atoms with Crippen LogP contribution in [0, 0.1) is 5.92 Å². The molecule has 0 saturated heterocycles. The van der Waals surface area contributed by atoms with E-state index in [1.807, 2.05) is 26.0 Å². The third kappa shape index (κ3) is 5.84. The molecular weight excluding hydrogens is 363 g/mol. The number of para-hydroxylation sites is 2. The zero-order valence-corrected chi connectivity index (χ0v) is 16.8. The van der Waals surface area contributed by atoms with Crippen LogP contribution in [0.15, 0.2) is 60.7 Å². The van der Waals surface area contributed by atoms with Crippen molar-refractivity contribution < 1.29 is 18.4 Å². The van der Waals surface area contributed by atoms with Crippen LogP contribution in [0.5, 0.6) is 11.5 Å². The summed E-state index contributed by atoms with van der Waals surface area (Å²) in [6.45, 7) is 5.45. The summed E-state index contributed by atoms with van der Waals surface area (Å²) in [5.74, 6) is -0.485. The van der Waals surface area contributed by atoms with Crippen LogP contribution in [0.2, 0.25) is 0 Å². The van der Waals surface area contributed by atoms with Crippen molar-refractivity contribution in [2.24, 2.45) is 11.7 Å². The van der Waals surface area contributed by atoms with Crippen LogP contribution in [-0.4, -0.2) is 17.7 Å². The van der Waals surface area contributed by atoms with E-state index in [1.54, 1.807) is 55.5 Å². The fraction of sp³-hybridized carbons (Fsp3) is 0.350. The van der Waals surface area contributed by atoms with E-state index in [0.29, 0.717) is 11.5 Å². The maximum absolute atomic E-state index is 13.5. The van der Waals surface area contributed by atoms with Gasteiger partial charge in [0.25, 0.3) is 0 Å². The Kier molecular flexibility index (Phi) is 7.45. The monoisotopic (exact) mass is 390 g/mol. The quantitative estimate of drug-likeness (QED) is 0.627. The summed E-state index contributed by atoms with van der Waals surface area (Å²) in [6, 6.07) is 16.8. The van der Waals surface area contributed by atoms with Gasteiger partial charge in [0.15, 0.2) is 5.78 Å². The average molecular weight is 390 g/mol. The lowest BCUT2D eigenvalue weighted by Gasteiger charge is -2.27. The second kappa shape index (κ2) is 9.58. The molecule has 0 aromatic heterocycles. The molecule has 27 heavy (non-hydrogen) atoms. The Morgan fingerprint density at radius 2 is 1.44 bits per heavy atom. The lowest BCUT2D eigenvalue weighted by atomic mass is 9.99. The van der Waals surface area contributed by atoms with Gasteiger partial charge in [0.2, 0.25) is 5.91 Å². The molecule has 0 radical (unpaired) electrons. The molecule has 0 bridgehead atoms. The van der Waals surface area contributed by atoms with Gasteiger partial charge in [-0.25, -0.2) is 4.57 Å². The van der Waals surface area contributed by atoms with Crippen molar-refractivity contribution in [3.8, 4) is 11.5 Å². The number of carbonyl (C=O) groups is 1. The predicted octanol–water partition coefficient (Wildman–Crippen LogP) is 4.17. The lowest BCUT2D eigenvalue weighted by Crippen LogP contribution is -2.48. The van der Waals surface area contributed by atoms with Crippen molar-refractivity contribution >= 4 is 13.5 Å². The molecule has 7 heteroatoms. The maximum Gasteiger partial charge on any atom is 0.452 e. The number of hydrogen-bond acceptors (Lipinski definition) is 5. The minimum atomic E-state index is -3.77. The molecule has 2 aromatic rings. The van der Waals surface area contributed by atoms with Gasteiger partial charge in [-0.15, -0.1) is 0 Å². The van der Waals surface area contributed by atoms with Gasteiger partial charge < -0.3 is 20.1 Å². The third-order valence-corrected chi connectivity index (χ3v) is 6.35. The highest BCUT2D eigenvalue weighted by Gasteiger charge is 2.38. The number of rotatable bonds is 9. The fourth-order valence-electron chi connectivity index (χ4n) is 2.33. The molecule has 0 saturated carbocycles. The van der Waals surface area contributed by atoms with E-state index in [1.165, 1.54) is 0 Å². The van der Waals surface area contributed by atoms with E-state index < -0.39 is 19.4 Å². The minimum absolute atomic E-state index is 0.00155. The predicted molar refractivity (Wildman–Crippen MR) is 107 cm³/mol. The molecule has 0 heterocycles. The first kappa shape index (κ1) is 21.0. The smallest absolute Gasteiger partial charge is 0.415 e. The molecule has 3 N–H and O–H groups in total. The number of carbonyl (C=O) groups excluding carboxylic acids is 1. The first-order valence-electron chi connectivity index (χ1n) is 9.00. The Morgan fingerprint density at radius 3 is 1.85 bits per heavy atom. The molecule has 1 amide bonds. The van der Waals surface area contributed by atoms with Crippen LogP contribution in [-0.2, 0) is 9.36 Å². The second-order valence-corrected chi connectivity index (χ2v) is 8.66. The summed E-state index contributed by atoms with van der Waals surface area (Å²) in [5.41, 5.74) is 5.98. The van der Waals surface area contributed by atoms with Crippen LogP contribution in [0.25, 0.3) is 0 Å².